The third-order valence-corrected chi connectivity index (χ3v) is 2.94. The Morgan fingerprint density at radius 1 is 1.05 bits per heavy atom. The first-order chi connectivity index (χ1) is 9.25. The highest BCUT2D eigenvalue weighted by Gasteiger charge is 2.14. The van der Waals surface area contributed by atoms with Crippen molar-refractivity contribution < 1.29 is 19.5 Å². The molecule has 3 N–H and O–H groups in total. The van der Waals surface area contributed by atoms with Gasteiger partial charge in [-0.1, -0.05) is 26.7 Å². The van der Waals surface area contributed by atoms with E-state index in [0.29, 0.717) is 12.5 Å². The Labute approximate surface area is 119 Å². The maximum atomic E-state index is 11.6. The molecule has 0 aromatic heterocycles. The SMILES string of the molecule is CC(C(=O)O)=C(C)C(=O)NC(=O)NCCCCC(C)C. The Morgan fingerprint density at radius 3 is 2.15 bits per heavy atom. The first-order valence-electron chi connectivity index (χ1n) is 6.75. The zero-order valence-corrected chi connectivity index (χ0v) is 12.6. The van der Waals surface area contributed by atoms with E-state index in [9.17, 15) is 14.4 Å². The topological polar surface area (TPSA) is 95.5 Å². The van der Waals surface area contributed by atoms with E-state index in [1.165, 1.54) is 13.8 Å². The normalized spacial score (nSPS) is 11.8. The number of carbonyl (C=O) groups is 3. The number of nitrogens with one attached hydrogen (secondary N) is 2. The van der Waals surface area contributed by atoms with E-state index in [4.69, 9.17) is 5.11 Å². The minimum absolute atomic E-state index is 0.0208. The average Bonchev–Trinajstić information content (AvgIpc) is 2.35. The Bertz CT molecular complexity index is 400. The van der Waals surface area contributed by atoms with Gasteiger partial charge in [-0.3, -0.25) is 10.1 Å². The molecular weight excluding hydrogens is 260 g/mol. The molecule has 0 unspecified atom stereocenters. The predicted octanol–water partition coefficient (Wildman–Crippen LogP) is 2.06. The van der Waals surface area contributed by atoms with Crippen LogP contribution in [0.25, 0.3) is 0 Å². The van der Waals surface area contributed by atoms with Gasteiger partial charge in [-0.15, -0.1) is 0 Å². The lowest BCUT2D eigenvalue weighted by Crippen LogP contribution is -2.40. The zero-order chi connectivity index (χ0) is 15.7. The molecule has 0 saturated carbocycles. The second-order valence-corrected chi connectivity index (χ2v) is 5.15. The number of hydrogen-bond acceptors (Lipinski definition) is 3. The van der Waals surface area contributed by atoms with Crippen LogP contribution in [0.5, 0.6) is 0 Å². The van der Waals surface area contributed by atoms with Gasteiger partial charge in [0, 0.05) is 17.7 Å². The van der Waals surface area contributed by atoms with E-state index in [0.717, 1.165) is 19.3 Å². The summed E-state index contributed by atoms with van der Waals surface area (Å²) in [6, 6.07) is -0.600. The second kappa shape index (κ2) is 9.12. The van der Waals surface area contributed by atoms with Crippen molar-refractivity contribution in [1.82, 2.24) is 10.6 Å². The lowest BCUT2D eigenvalue weighted by molar-refractivity contribution is -0.133. The third-order valence-electron chi connectivity index (χ3n) is 2.94. The summed E-state index contributed by atoms with van der Waals surface area (Å²) in [5.41, 5.74) is -0.0558. The molecule has 6 nitrogen and oxygen atoms in total. The van der Waals surface area contributed by atoms with Crippen LogP contribution in [-0.2, 0) is 9.59 Å². The highest BCUT2D eigenvalue weighted by molar-refractivity contribution is 6.07. The van der Waals surface area contributed by atoms with E-state index in [1.54, 1.807) is 0 Å². The molecule has 0 atom stereocenters. The maximum absolute atomic E-state index is 11.6. The van der Waals surface area contributed by atoms with E-state index in [-0.39, 0.29) is 11.1 Å². The number of imide groups is 1. The number of rotatable bonds is 7. The molecule has 0 aromatic rings. The molecule has 0 heterocycles. The number of carboxylic acid groups (broad SMARTS) is 1. The van der Waals surface area contributed by atoms with Crippen molar-refractivity contribution in [1.29, 1.82) is 0 Å². The summed E-state index contributed by atoms with van der Waals surface area (Å²) in [7, 11) is 0. The van der Waals surface area contributed by atoms with E-state index in [1.807, 2.05) is 0 Å². The molecule has 0 rings (SSSR count). The highest BCUT2D eigenvalue weighted by atomic mass is 16.4. The molecule has 0 aliphatic heterocycles. The van der Waals surface area contributed by atoms with Crippen molar-refractivity contribution >= 4 is 17.9 Å². The van der Waals surface area contributed by atoms with Gasteiger partial charge >= 0.3 is 12.0 Å². The fourth-order valence-corrected chi connectivity index (χ4v) is 1.45. The lowest BCUT2D eigenvalue weighted by Gasteiger charge is -2.08. The van der Waals surface area contributed by atoms with E-state index < -0.39 is 17.9 Å². The number of unbranched alkanes of at least 4 members (excludes halogenated alkanes) is 1. The molecule has 0 bridgehead atoms. The Kier molecular flexibility index (Phi) is 8.27. The van der Waals surface area contributed by atoms with Crippen LogP contribution in [0.1, 0.15) is 47.0 Å². The quantitative estimate of drug-likeness (QED) is 0.492. The minimum Gasteiger partial charge on any atom is -0.478 e. The third kappa shape index (κ3) is 7.56. The molecule has 0 aliphatic carbocycles. The van der Waals surface area contributed by atoms with Gasteiger partial charge in [0.25, 0.3) is 5.91 Å². The zero-order valence-electron chi connectivity index (χ0n) is 12.6. The summed E-state index contributed by atoms with van der Waals surface area (Å²) in [5, 5.41) is 13.4. The van der Waals surface area contributed by atoms with Crippen LogP contribution in [0.3, 0.4) is 0 Å². The van der Waals surface area contributed by atoms with Crippen molar-refractivity contribution in [2.24, 2.45) is 5.92 Å². The largest absolute Gasteiger partial charge is 0.478 e. The first-order valence-corrected chi connectivity index (χ1v) is 6.75. The summed E-state index contributed by atoms with van der Waals surface area (Å²) in [6.45, 7) is 7.46. The number of aliphatic carboxylic acids is 1. The van der Waals surface area contributed by atoms with Crippen LogP contribution >= 0.6 is 0 Å². The van der Waals surface area contributed by atoms with Crippen LogP contribution in [0, 0.1) is 5.92 Å². The summed E-state index contributed by atoms with van der Waals surface area (Å²) in [6.07, 6.45) is 2.97. The average molecular weight is 284 g/mol. The summed E-state index contributed by atoms with van der Waals surface area (Å²) in [4.78, 5) is 33.7. The number of hydrogen-bond donors (Lipinski definition) is 3. The fraction of sp³-hybridized carbons (Fsp3) is 0.643. The van der Waals surface area contributed by atoms with E-state index >= 15 is 0 Å². The van der Waals surface area contributed by atoms with Crippen LogP contribution in [0.4, 0.5) is 4.79 Å². The minimum atomic E-state index is -1.17. The van der Waals surface area contributed by atoms with Gasteiger partial charge < -0.3 is 10.4 Å². The molecule has 114 valence electrons. The van der Waals surface area contributed by atoms with Crippen molar-refractivity contribution in [2.45, 2.75) is 47.0 Å². The van der Waals surface area contributed by atoms with Crippen molar-refractivity contribution in [3.63, 3.8) is 0 Å². The molecule has 0 radical (unpaired) electrons. The number of amides is 3. The highest BCUT2D eigenvalue weighted by Crippen LogP contribution is 2.05. The Hall–Kier alpha value is -1.85. The van der Waals surface area contributed by atoms with Crippen LogP contribution < -0.4 is 10.6 Å². The second-order valence-electron chi connectivity index (χ2n) is 5.15. The van der Waals surface area contributed by atoms with Gasteiger partial charge in [0.1, 0.15) is 0 Å². The van der Waals surface area contributed by atoms with Gasteiger partial charge in [-0.25, -0.2) is 9.59 Å². The standard InChI is InChI=1S/C14H24N2O4/c1-9(2)7-5-6-8-15-14(20)16-12(17)10(3)11(4)13(18)19/h9H,5-8H2,1-4H3,(H,18,19)(H2,15,16,17,20). The van der Waals surface area contributed by atoms with Gasteiger partial charge in [-0.05, 0) is 26.2 Å². The molecule has 3 amide bonds. The molecule has 0 aromatic carbocycles. The monoisotopic (exact) mass is 284 g/mol. The molecule has 0 fully saturated rings. The van der Waals surface area contributed by atoms with Crippen molar-refractivity contribution in [3.05, 3.63) is 11.1 Å². The van der Waals surface area contributed by atoms with Crippen LogP contribution in [0.2, 0.25) is 0 Å². The summed E-state index contributed by atoms with van der Waals surface area (Å²) >= 11 is 0. The van der Waals surface area contributed by atoms with Crippen molar-refractivity contribution in [3.8, 4) is 0 Å². The maximum Gasteiger partial charge on any atom is 0.331 e. The summed E-state index contributed by atoms with van der Waals surface area (Å²) in [5.74, 6) is -1.23. The molecule has 6 heteroatoms. The fourth-order valence-electron chi connectivity index (χ4n) is 1.45. The molecule has 20 heavy (non-hydrogen) atoms. The lowest BCUT2D eigenvalue weighted by atomic mass is 10.1. The molecule has 0 saturated heterocycles. The Balaban J connectivity index is 4.07. The Morgan fingerprint density at radius 2 is 1.65 bits per heavy atom. The molecule has 0 aliphatic rings. The number of carbonyl (C=O) groups excluding carboxylic acids is 2. The number of urea groups is 1. The predicted molar refractivity (Wildman–Crippen MR) is 76.2 cm³/mol. The van der Waals surface area contributed by atoms with Gasteiger partial charge in [0.05, 0.1) is 0 Å². The van der Waals surface area contributed by atoms with E-state index in [2.05, 4.69) is 24.5 Å². The molecular formula is C14H24N2O4. The van der Waals surface area contributed by atoms with Crippen molar-refractivity contribution in [2.75, 3.05) is 6.54 Å². The first kappa shape index (κ1) is 18.1. The van der Waals surface area contributed by atoms with Gasteiger partial charge in [0.15, 0.2) is 0 Å². The van der Waals surface area contributed by atoms with Gasteiger partial charge in [-0.2, -0.15) is 0 Å². The summed E-state index contributed by atoms with van der Waals surface area (Å²) < 4.78 is 0. The smallest absolute Gasteiger partial charge is 0.331 e. The van der Waals surface area contributed by atoms with Crippen LogP contribution in [-0.4, -0.2) is 29.6 Å². The molecule has 0 spiro atoms. The van der Waals surface area contributed by atoms with Gasteiger partial charge in [0.2, 0.25) is 0 Å². The van der Waals surface area contributed by atoms with Crippen LogP contribution in [0.15, 0.2) is 11.1 Å². The number of carboxylic acids is 1.